The van der Waals surface area contributed by atoms with Gasteiger partial charge in [-0.05, 0) is 30.7 Å². The Morgan fingerprint density at radius 2 is 1.93 bits per heavy atom. The van der Waals surface area contributed by atoms with Crippen LogP contribution >= 0.6 is 11.3 Å². The molecule has 0 saturated carbocycles. The Kier molecular flexibility index (Phi) is 6.17. The van der Waals surface area contributed by atoms with E-state index in [1.54, 1.807) is 32.2 Å². The number of pyridine rings is 1. The number of aryl methyl sites for hydroxylation is 1. The van der Waals surface area contributed by atoms with Crippen molar-refractivity contribution < 1.29 is 14.5 Å². The van der Waals surface area contributed by atoms with Crippen LogP contribution < -0.4 is 10.6 Å². The van der Waals surface area contributed by atoms with Crippen LogP contribution in [0.4, 0.5) is 16.6 Å². The second-order valence-electron chi connectivity index (χ2n) is 6.77. The molecule has 3 aromatic rings. The van der Waals surface area contributed by atoms with Gasteiger partial charge in [-0.15, -0.1) is 0 Å². The first-order valence-corrected chi connectivity index (χ1v) is 9.86. The number of nitro groups is 1. The molecule has 2 N–H and O–H groups in total. The molecule has 0 aliphatic rings. The summed E-state index contributed by atoms with van der Waals surface area (Å²) in [7, 11) is 0. The van der Waals surface area contributed by atoms with E-state index in [9.17, 15) is 19.7 Å². The molecule has 10 heteroatoms. The molecule has 9 nitrogen and oxygen atoms in total. The van der Waals surface area contributed by atoms with Crippen molar-refractivity contribution in [2.24, 2.45) is 5.92 Å². The molecule has 0 aliphatic carbocycles. The lowest BCUT2D eigenvalue weighted by Crippen LogP contribution is -2.17. The summed E-state index contributed by atoms with van der Waals surface area (Å²) in [6.45, 7) is 5.43. The largest absolute Gasteiger partial charge is 0.307 e. The number of hydrogen-bond acceptors (Lipinski definition) is 7. The van der Waals surface area contributed by atoms with Gasteiger partial charge in [-0.25, -0.2) is 9.97 Å². The zero-order chi connectivity index (χ0) is 21.8. The predicted molar refractivity (Wildman–Crippen MR) is 115 cm³/mol. The van der Waals surface area contributed by atoms with Gasteiger partial charge in [-0.2, -0.15) is 0 Å². The van der Waals surface area contributed by atoms with E-state index >= 15 is 0 Å². The van der Waals surface area contributed by atoms with Gasteiger partial charge in [0, 0.05) is 29.8 Å². The lowest BCUT2D eigenvalue weighted by atomic mass is 10.1. The maximum absolute atomic E-state index is 12.5. The smallest absolute Gasteiger partial charge is 0.270 e. The van der Waals surface area contributed by atoms with Gasteiger partial charge in [0.1, 0.15) is 5.82 Å². The van der Waals surface area contributed by atoms with E-state index in [2.05, 4.69) is 20.6 Å². The first-order chi connectivity index (χ1) is 14.2. The van der Waals surface area contributed by atoms with Crippen molar-refractivity contribution in [3.8, 4) is 10.4 Å². The highest BCUT2D eigenvalue weighted by Gasteiger charge is 2.16. The Labute approximate surface area is 176 Å². The standard InChI is InChI=1S/C20H19N5O4S/c1-11(2)18(26)24-20-22-12(3)17(30-20)13-7-8-21-16(10-13)23-19(27)14-5-4-6-15(9-14)25(28)29/h4-11H,1-3H3,(H,21,23,27)(H,22,24,26). The van der Waals surface area contributed by atoms with Crippen LogP contribution in [0.5, 0.6) is 0 Å². The second-order valence-corrected chi connectivity index (χ2v) is 7.77. The van der Waals surface area contributed by atoms with Crippen LogP contribution in [0.2, 0.25) is 0 Å². The number of carbonyl (C=O) groups excluding carboxylic acids is 2. The average Bonchev–Trinajstić information content (AvgIpc) is 3.08. The lowest BCUT2D eigenvalue weighted by molar-refractivity contribution is -0.384. The minimum absolute atomic E-state index is 0.116. The molecule has 1 aromatic carbocycles. The van der Waals surface area contributed by atoms with Gasteiger partial charge in [-0.1, -0.05) is 31.3 Å². The molecule has 2 aromatic heterocycles. The van der Waals surface area contributed by atoms with Crippen molar-refractivity contribution in [3.05, 3.63) is 64.0 Å². The number of nitrogens with one attached hydrogen (secondary N) is 2. The van der Waals surface area contributed by atoms with Crippen LogP contribution in [-0.4, -0.2) is 26.7 Å². The fraction of sp³-hybridized carbons (Fsp3) is 0.200. The maximum Gasteiger partial charge on any atom is 0.270 e. The Balaban J connectivity index is 1.81. The fourth-order valence-electron chi connectivity index (χ4n) is 2.56. The number of nitrogens with zero attached hydrogens (tertiary/aromatic N) is 3. The molecule has 30 heavy (non-hydrogen) atoms. The summed E-state index contributed by atoms with van der Waals surface area (Å²) in [5.74, 6) is -0.483. The quantitative estimate of drug-likeness (QED) is 0.448. The first-order valence-electron chi connectivity index (χ1n) is 9.05. The maximum atomic E-state index is 12.5. The number of aromatic nitrogens is 2. The van der Waals surface area contributed by atoms with E-state index in [0.717, 1.165) is 16.1 Å². The average molecular weight is 425 g/mol. The van der Waals surface area contributed by atoms with E-state index in [0.29, 0.717) is 10.9 Å². The predicted octanol–water partition coefficient (Wildman–Crippen LogP) is 4.27. The molecule has 0 saturated heterocycles. The topological polar surface area (TPSA) is 127 Å². The van der Waals surface area contributed by atoms with Gasteiger partial charge in [0.15, 0.2) is 5.13 Å². The molecule has 0 bridgehead atoms. The Morgan fingerprint density at radius 1 is 1.17 bits per heavy atom. The zero-order valence-corrected chi connectivity index (χ0v) is 17.3. The summed E-state index contributed by atoms with van der Waals surface area (Å²) >= 11 is 1.33. The number of non-ortho nitro benzene ring substituents is 1. The molecule has 0 atom stereocenters. The minimum atomic E-state index is -0.558. The molecule has 3 rings (SSSR count). The fourth-order valence-corrected chi connectivity index (χ4v) is 3.52. The molecule has 0 radical (unpaired) electrons. The van der Waals surface area contributed by atoms with Crippen molar-refractivity contribution in [2.75, 3.05) is 10.6 Å². The van der Waals surface area contributed by atoms with Crippen molar-refractivity contribution in [1.82, 2.24) is 9.97 Å². The van der Waals surface area contributed by atoms with Crippen molar-refractivity contribution in [1.29, 1.82) is 0 Å². The second kappa shape index (κ2) is 8.78. The molecule has 0 aliphatic heterocycles. The summed E-state index contributed by atoms with van der Waals surface area (Å²) in [5.41, 5.74) is 1.50. The molecule has 0 fully saturated rings. The SMILES string of the molecule is Cc1nc(NC(=O)C(C)C)sc1-c1ccnc(NC(=O)c2cccc([N+](=O)[O-])c2)c1. The molecular weight excluding hydrogens is 406 g/mol. The van der Waals surface area contributed by atoms with Crippen LogP contribution in [0.3, 0.4) is 0 Å². The summed E-state index contributed by atoms with van der Waals surface area (Å²) < 4.78 is 0. The summed E-state index contributed by atoms with van der Waals surface area (Å²) in [5, 5.41) is 16.8. The van der Waals surface area contributed by atoms with Crippen LogP contribution in [-0.2, 0) is 4.79 Å². The van der Waals surface area contributed by atoms with Crippen molar-refractivity contribution >= 4 is 39.8 Å². The highest BCUT2D eigenvalue weighted by molar-refractivity contribution is 7.19. The number of rotatable bonds is 6. The van der Waals surface area contributed by atoms with Crippen LogP contribution in [0, 0.1) is 23.0 Å². The van der Waals surface area contributed by atoms with E-state index in [1.807, 2.05) is 6.92 Å². The molecule has 154 valence electrons. The summed E-state index contributed by atoms with van der Waals surface area (Å²) in [6.07, 6.45) is 1.55. The van der Waals surface area contributed by atoms with Gasteiger partial charge in [0.25, 0.3) is 11.6 Å². The molecule has 2 amide bonds. The van der Waals surface area contributed by atoms with Crippen molar-refractivity contribution in [3.63, 3.8) is 0 Å². The van der Waals surface area contributed by atoms with E-state index in [4.69, 9.17) is 0 Å². The number of anilines is 2. The normalized spacial score (nSPS) is 10.7. The van der Waals surface area contributed by atoms with Crippen LogP contribution in [0.25, 0.3) is 10.4 Å². The third-order valence-electron chi connectivity index (χ3n) is 4.13. The Hall–Kier alpha value is -3.66. The lowest BCUT2D eigenvalue weighted by Gasteiger charge is -2.06. The highest BCUT2D eigenvalue weighted by Crippen LogP contribution is 2.33. The minimum Gasteiger partial charge on any atom is -0.307 e. The van der Waals surface area contributed by atoms with E-state index < -0.39 is 10.8 Å². The van der Waals surface area contributed by atoms with Gasteiger partial charge in [0.05, 0.1) is 15.5 Å². The monoisotopic (exact) mass is 425 g/mol. The Bertz CT molecular complexity index is 1130. The number of amides is 2. The highest BCUT2D eigenvalue weighted by atomic mass is 32.1. The number of hydrogen-bond donors (Lipinski definition) is 2. The summed E-state index contributed by atoms with van der Waals surface area (Å²) in [4.78, 5) is 44.1. The third-order valence-corrected chi connectivity index (χ3v) is 5.26. The van der Waals surface area contributed by atoms with Gasteiger partial charge >= 0.3 is 0 Å². The van der Waals surface area contributed by atoms with Crippen LogP contribution in [0.1, 0.15) is 29.9 Å². The Morgan fingerprint density at radius 3 is 2.63 bits per heavy atom. The molecule has 0 unspecified atom stereocenters. The number of nitro benzene ring substituents is 1. The number of carbonyl (C=O) groups is 2. The number of thiazole rings is 1. The van der Waals surface area contributed by atoms with Gasteiger partial charge in [-0.3, -0.25) is 19.7 Å². The molecule has 2 heterocycles. The van der Waals surface area contributed by atoms with E-state index in [-0.39, 0.29) is 23.1 Å². The van der Waals surface area contributed by atoms with Gasteiger partial charge < -0.3 is 10.6 Å². The molecular formula is C20H19N5O4S. The zero-order valence-electron chi connectivity index (χ0n) is 16.5. The van der Waals surface area contributed by atoms with E-state index in [1.165, 1.54) is 35.6 Å². The number of benzene rings is 1. The third kappa shape index (κ3) is 4.84. The molecule has 0 spiro atoms. The summed E-state index contributed by atoms with van der Waals surface area (Å²) in [6, 6.07) is 8.92. The van der Waals surface area contributed by atoms with Crippen LogP contribution in [0.15, 0.2) is 42.6 Å². The van der Waals surface area contributed by atoms with Crippen molar-refractivity contribution in [2.45, 2.75) is 20.8 Å². The first kappa shape index (κ1) is 21.1. The van der Waals surface area contributed by atoms with Gasteiger partial charge in [0.2, 0.25) is 5.91 Å².